The number of aromatic nitrogens is 2. The first kappa shape index (κ1) is 13.6. The highest BCUT2D eigenvalue weighted by Gasteiger charge is 2.09. The standard InChI is InChI=1S/C18H19N3/c1-14-6-2-5-9-17(14)18-11-20-13-21(18)12-16-8-4-3-7-15(16)10-19/h2-9,11,13H,10,12,19H2,1H3. The molecule has 0 aliphatic carbocycles. The maximum absolute atomic E-state index is 5.83. The summed E-state index contributed by atoms with van der Waals surface area (Å²) in [5.74, 6) is 0. The van der Waals surface area contributed by atoms with Gasteiger partial charge < -0.3 is 10.3 Å². The zero-order valence-corrected chi connectivity index (χ0v) is 12.2. The van der Waals surface area contributed by atoms with Crippen LogP contribution in [0.15, 0.2) is 61.1 Å². The van der Waals surface area contributed by atoms with Crippen LogP contribution in [0, 0.1) is 6.92 Å². The molecule has 3 rings (SSSR count). The van der Waals surface area contributed by atoms with Crippen LogP contribution >= 0.6 is 0 Å². The van der Waals surface area contributed by atoms with E-state index in [1.54, 1.807) is 0 Å². The smallest absolute Gasteiger partial charge is 0.0954 e. The fourth-order valence-electron chi connectivity index (χ4n) is 2.63. The van der Waals surface area contributed by atoms with Crippen molar-refractivity contribution in [2.45, 2.75) is 20.0 Å². The van der Waals surface area contributed by atoms with Crippen LogP contribution in [-0.2, 0) is 13.1 Å². The normalized spacial score (nSPS) is 10.8. The van der Waals surface area contributed by atoms with Crippen LogP contribution in [0.4, 0.5) is 0 Å². The number of nitrogens with zero attached hydrogens (tertiary/aromatic N) is 2. The highest BCUT2D eigenvalue weighted by atomic mass is 15.0. The Morgan fingerprint density at radius 1 is 1.00 bits per heavy atom. The van der Waals surface area contributed by atoms with Crippen LogP contribution in [0.5, 0.6) is 0 Å². The zero-order chi connectivity index (χ0) is 14.7. The molecule has 0 bridgehead atoms. The van der Waals surface area contributed by atoms with E-state index >= 15 is 0 Å². The molecule has 3 nitrogen and oxygen atoms in total. The summed E-state index contributed by atoms with van der Waals surface area (Å²) >= 11 is 0. The topological polar surface area (TPSA) is 43.8 Å². The van der Waals surface area contributed by atoms with E-state index < -0.39 is 0 Å². The Labute approximate surface area is 125 Å². The van der Waals surface area contributed by atoms with Crippen molar-refractivity contribution in [2.24, 2.45) is 5.73 Å². The third-order valence-corrected chi connectivity index (χ3v) is 3.81. The third-order valence-electron chi connectivity index (χ3n) is 3.81. The van der Waals surface area contributed by atoms with Gasteiger partial charge in [-0.1, -0.05) is 48.5 Å². The second-order valence-electron chi connectivity index (χ2n) is 5.19. The fraction of sp³-hybridized carbons (Fsp3) is 0.167. The molecule has 0 aliphatic heterocycles. The molecule has 0 aliphatic rings. The molecular formula is C18H19N3. The molecule has 0 saturated carbocycles. The van der Waals surface area contributed by atoms with Gasteiger partial charge in [-0.25, -0.2) is 4.98 Å². The minimum atomic E-state index is 0.560. The molecule has 3 heteroatoms. The van der Waals surface area contributed by atoms with Gasteiger partial charge >= 0.3 is 0 Å². The summed E-state index contributed by atoms with van der Waals surface area (Å²) in [5, 5.41) is 0. The maximum Gasteiger partial charge on any atom is 0.0954 e. The number of benzene rings is 2. The van der Waals surface area contributed by atoms with Gasteiger partial charge in [-0.05, 0) is 23.6 Å². The molecule has 0 saturated heterocycles. The Kier molecular flexibility index (Phi) is 3.84. The summed E-state index contributed by atoms with van der Waals surface area (Å²) in [6.45, 7) is 3.47. The molecule has 106 valence electrons. The summed E-state index contributed by atoms with van der Waals surface area (Å²) in [6, 6.07) is 16.7. The zero-order valence-electron chi connectivity index (χ0n) is 12.2. The Morgan fingerprint density at radius 3 is 2.48 bits per heavy atom. The van der Waals surface area contributed by atoms with E-state index in [9.17, 15) is 0 Å². The van der Waals surface area contributed by atoms with E-state index in [2.05, 4.69) is 58.9 Å². The second-order valence-corrected chi connectivity index (χ2v) is 5.19. The van der Waals surface area contributed by atoms with E-state index in [4.69, 9.17) is 5.73 Å². The molecule has 1 aromatic heterocycles. The van der Waals surface area contributed by atoms with Crippen molar-refractivity contribution in [1.82, 2.24) is 9.55 Å². The summed E-state index contributed by atoms with van der Waals surface area (Å²) in [5.41, 5.74) is 11.9. The van der Waals surface area contributed by atoms with E-state index in [1.807, 2.05) is 18.6 Å². The molecule has 21 heavy (non-hydrogen) atoms. The number of hydrogen-bond donors (Lipinski definition) is 1. The summed E-state index contributed by atoms with van der Waals surface area (Å²) in [6.07, 6.45) is 3.81. The Morgan fingerprint density at radius 2 is 1.71 bits per heavy atom. The Balaban J connectivity index is 1.99. The first-order chi connectivity index (χ1) is 10.3. The highest BCUT2D eigenvalue weighted by molar-refractivity contribution is 5.63. The lowest BCUT2D eigenvalue weighted by atomic mass is 10.1. The number of aryl methyl sites for hydroxylation is 1. The Bertz CT molecular complexity index is 743. The van der Waals surface area contributed by atoms with Crippen LogP contribution < -0.4 is 5.73 Å². The van der Waals surface area contributed by atoms with Crippen LogP contribution in [0.3, 0.4) is 0 Å². The molecule has 0 atom stereocenters. The predicted molar refractivity (Wildman–Crippen MR) is 85.8 cm³/mol. The molecular weight excluding hydrogens is 258 g/mol. The summed E-state index contributed by atoms with van der Waals surface area (Å²) < 4.78 is 2.18. The average Bonchev–Trinajstić information content (AvgIpc) is 2.96. The molecule has 3 aromatic rings. The fourth-order valence-corrected chi connectivity index (χ4v) is 2.63. The van der Waals surface area contributed by atoms with Gasteiger partial charge in [-0.15, -0.1) is 0 Å². The van der Waals surface area contributed by atoms with Gasteiger partial charge in [0.15, 0.2) is 0 Å². The van der Waals surface area contributed by atoms with Crippen molar-refractivity contribution < 1.29 is 0 Å². The van der Waals surface area contributed by atoms with Crippen LogP contribution in [-0.4, -0.2) is 9.55 Å². The molecule has 0 spiro atoms. The molecule has 0 fully saturated rings. The minimum Gasteiger partial charge on any atom is -0.326 e. The largest absolute Gasteiger partial charge is 0.326 e. The highest BCUT2D eigenvalue weighted by Crippen LogP contribution is 2.24. The van der Waals surface area contributed by atoms with Crippen LogP contribution in [0.25, 0.3) is 11.3 Å². The maximum atomic E-state index is 5.83. The molecule has 2 aromatic carbocycles. The number of nitrogens with two attached hydrogens (primary N) is 1. The lowest BCUT2D eigenvalue weighted by Gasteiger charge is -2.12. The first-order valence-corrected chi connectivity index (χ1v) is 7.12. The van der Waals surface area contributed by atoms with Crippen molar-refractivity contribution in [2.75, 3.05) is 0 Å². The molecule has 0 amide bonds. The number of rotatable bonds is 4. The van der Waals surface area contributed by atoms with Gasteiger partial charge in [0.2, 0.25) is 0 Å². The van der Waals surface area contributed by atoms with Crippen molar-refractivity contribution in [3.8, 4) is 11.3 Å². The molecule has 0 radical (unpaired) electrons. The van der Waals surface area contributed by atoms with Gasteiger partial charge in [0.05, 0.1) is 18.2 Å². The van der Waals surface area contributed by atoms with Gasteiger partial charge in [0, 0.05) is 18.7 Å². The monoisotopic (exact) mass is 277 g/mol. The second kappa shape index (κ2) is 5.94. The van der Waals surface area contributed by atoms with Crippen LogP contribution in [0.2, 0.25) is 0 Å². The number of imidazole rings is 1. The molecule has 0 unspecified atom stereocenters. The Hall–Kier alpha value is -2.39. The SMILES string of the molecule is Cc1ccccc1-c1cncn1Cc1ccccc1CN. The van der Waals surface area contributed by atoms with E-state index in [1.165, 1.54) is 22.3 Å². The van der Waals surface area contributed by atoms with Gasteiger partial charge in [0.25, 0.3) is 0 Å². The first-order valence-electron chi connectivity index (χ1n) is 7.12. The minimum absolute atomic E-state index is 0.560. The van der Waals surface area contributed by atoms with E-state index in [-0.39, 0.29) is 0 Å². The lowest BCUT2D eigenvalue weighted by Crippen LogP contribution is -2.06. The van der Waals surface area contributed by atoms with Crippen molar-refractivity contribution >= 4 is 0 Å². The average molecular weight is 277 g/mol. The van der Waals surface area contributed by atoms with Crippen molar-refractivity contribution in [3.63, 3.8) is 0 Å². The van der Waals surface area contributed by atoms with E-state index in [0.29, 0.717) is 6.54 Å². The van der Waals surface area contributed by atoms with Crippen LogP contribution in [0.1, 0.15) is 16.7 Å². The molecule has 1 heterocycles. The number of hydrogen-bond acceptors (Lipinski definition) is 2. The quantitative estimate of drug-likeness (QED) is 0.794. The van der Waals surface area contributed by atoms with E-state index in [0.717, 1.165) is 12.2 Å². The third kappa shape index (κ3) is 2.73. The van der Waals surface area contributed by atoms with Gasteiger partial charge in [-0.2, -0.15) is 0 Å². The molecule has 2 N–H and O–H groups in total. The van der Waals surface area contributed by atoms with Gasteiger partial charge in [-0.3, -0.25) is 0 Å². The summed E-state index contributed by atoms with van der Waals surface area (Å²) in [4.78, 5) is 4.32. The van der Waals surface area contributed by atoms with Gasteiger partial charge in [0.1, 0.15) is 0 Å². The predicted octanol–water partition coefficient (Wildman–Crippen LogP) is 3.37. The van der Waals surface area contributed by atoms with Crippen molar-refractivity contribution in [1.29, 1.82) is 0 Å². The van der Waals surface area contributed by atoms with Crippen molar-refractivity contribution in [3.05, 3.63) is 77.7 Å². The summed E-state index contributed by atoms with van der Waals surface area (Å²) in [7, 11) is 0. The lowest BCUT2D eigenvalue weighted by molar-refractivity contribution is 0.791.